The van der Waals surface area contributed by atoms with Crippen LogP contribution in [0.25, 0.3) is 23.0 Å². The lowest BCUT2D eigenvalue weighted by Crippen LogP contribution is -2.47. The maximum atomic E-state index is 12.9. The summed E-state index contributed by atoms with van der Waals surface area (Å²) < 4.78 is 13.4. The van der Waals surface area contributed by atoms with Gasteiger partial charge in [-0.2, -0.15) is 10.1 Å². The fraction of sp³-hybridized carbons (Fsp3) is 0.276. The van der Waals surface area contributed by atoms with Gasteiger partial charge in [0.1, 0.15) is 18.1 Å². The Morgan fingerprint density at radius 2 is 1.92 bits per heavy atom. The number of ether oxygens (including phenoxy) is 2. The van der Waals surface area contributed by atoms with Crippen LogP contribution in [0.15, 0.2) is 77.3 Å². The van der Waals surface area contributed by atoms with Gasteiger partial charge in [-0.25, -0.2) is 4.68 Å². The van der Waals surface area contributed by atoms with Gasteiger partial charge in [-0.05, 0) is 74.5 Å². The van der Waals surface area contributed by atoms with E-state index in [1.54, 1.807) is 6.08 Å². The van der Waals surface area contributed by atoms with Crippen LogP contribution in [0.5, 0.6) is 5.75 Å². The molecule has 37 heavy (non-hydrogen) atoms. The minimum Gasteiger partial charge on any atom is -0.489 e. The first-order chi connectivity index (χ1) is 17.9. The number of amides is 1. The van der Waals surface area contributed by atoms with Gasteiger partial charge in [0, 0.05) is 30.4 Å². The molecule has 5 rings (SSSR count). The molecule has 0 aliphatic carbocycles. The Morgan fingerprint density at radius 3 is 2.62 bits per heavy atom. The number of nitrogens with zero attached hydrogens (tertiary/aromatic N) is 4. The number of hydrogen-bond acceptors (Lipinski definition) is 6. The third-order valence-electron chi connectivity index (χ3n) is 6.15. The molecule has 1 fully saturated rings. The second-order valence-corrected chi connectivity index (χ2v) is 10.3. The molecule has 8 heteroatoms. The number of carbonyl (C=O) groups excluding carboxylic acids is 1. The molecule has 2 aliphatic heterocycles. The summed E-state index contributed by atoms with van der Waals surface area (Å²) in [6, 6.07) is 15.9. The van der Waals surface area contributed by atoms with Crippen molar-refractivity contribution in [3.05, 3.63) is 83.4 Å². The van der Waals surface area contributed by atoms with Crippen LogP contribution in [0.4, 0.5) is 0 Å². The topological polar surface area (TPSA) is 68.9 Å². The Morgan fingerprint density at radius 1 is 1.16 bits per heavy atom. The zero-order valence-corrected chi connectivity index (χ0v) is 22.1. The molecule has 3 heterocycles. The smallest absolute Gasteiger partial charge is 0.286 e. The van der Waals surface area contributed by atoms with E-state index in [0.29, 0.717) is 24.6 Å². The quantitative estimate of drug-likeness (QED) is 0.320. The van der Waals surface area contributed by atoms with E-state index in [0.717, 1.165) is 39.0 Å². The SMILES string of the molecule is C=CCOc1ccc(-c2nn(-c3ccccc3)cc2/C=C2\SC(N3C[C@@H](C)O[C@H](C)C3)=NC2=O)cc1C. The lowest BCUT2D eigenvalue weighted by molar-refractivity contribution is -0.113. The third kappa shape index (κ3) is 5.55. The van der Waals surface area contributed by atoms with E-state index in [4.69, 9.17) is 14.6 Å². The van der Waals surface area contributed by atoms with Gasteiger partial charge in [0.05, 0.1) is 22.8 Å². The third-order valence-corrected chi connectivity index (χ3v) is 7.20. The molecule has 1 aromatic heterocycles. The number of hydrogen-bond donors (Lipinski definition) is 0. The molecule has 0 spiro atoms. The largest absolute Gasteiger partial charge is 0.489 e. The molecule has 1 amide bonds. The van der Waals surface area contributed by atoms with Crippen molar-refractivity contribution in [1.82, 2.24) is 14.7 Å². The van der Waals surface area contributed by atoms with E-state index in [1.807, 2.05) is 80.2 Å². The summed E-state index contributed by atoms with van der Waals surface area (Å²) in [6.45, 7) is 11.7. The Labute approximate surface area is 221 Å². The molecule has 7 nitrogen and oxygen atoms in total. The molecule has 1 saturated heterocycles. The summed E-state index contributed by atoms with van der Waals surface area (Å²) in [7, 11) is 0. The highest BCUT2D eigenvalue weighted by Gasteiger charge is 2.31. The van der Waals surface area contributed by atoms with Crippen LogP contribution in [0.2, 0.25) is 0 Å². The van der Waals surface area contributed by atoms with Crippen molar-refractivity contribution in [1.29, 1.82) is 0 Å². The zero-order valence-electron chi connectivity index (χ0n) is 21.3. The van der Waals surface area contributed by atoms with Crippen LogP contribution in [0.1, 0.15) is 25.0 Å². The van der Waals surface area contributed by atoms with E-state index in [2.05, 4.69) is 22.5 Å². The van der Waals surface area contributed by atoms with Crippen molar-refractivity contribution < 1.29 is 14.3 Å². The number of morpholine rings is 1. The highest BCUT2D eigenvalue weighted by Crippen LogP contribution is 2.35. The van der Waals surface area contributed by atoms with Crippen molar-refractivity contribution in [2.45, 2.75) is 33.0 Å². The second-order valence-electron chi connectivity index (χ2n) is 9.27. The molecule has 2 aromatic carbocycles. The van der Waals surface area contributed by atoms with E-state index in [9.17, 15) is 4.79 Å². The summed E-state index contributed by atoms with van der Waals surface area (Å²) in [5.41, 5.74) is 4.51. The van der Waals surface area contributed by atoms with Gasteiger partial charge < -0.3 is 14.4 Å². The van der Waals surface area contributed by atoms with Gasteiger partial charge in [0.2, 0.25) is 0 Å². The van der Waals surface area contributed by atoms with Crippen molar-refractivity contribution in [3.63, 3.8) is 0 Å². The molecular weight excluding hydrogens is 484 g/mol. The molecule has 0 bridgehead atoms. The van der Waals surface area contributed by atoms with Crippen molar-refractivity contribution in [2.75, 3.05) is 19.7 Å². The average Bonchev–Trinajstić information content (AvgIpc) is 3.47. The Kier molecular flexibility index (Phi) is 7.30. The summed E-state index contributed by atoms with van der Waals surface area (Å²) >= 11 is 1.41. The number of benzene rings is 2. The summed E-state index contributed by atoms with van der Waals surface area (Å²) in [5, 5.41) is 5.64. The highest BCUT2D eigenvalue weighted by atomic mass is 32.2. The monoisotopic (exact) mass is 514 g/mol. The number of carbonyl (C=O) groups is 1. The van der Waals surface area contributed by atoms with Gasteiger partial charge in [-0.1, -0.05) is 30.9 Å². The lowest BCUT2D eigenvalue weighted by atomic mass is 10.0. The molecule has 3 aromatic rings. The maximum absolute atomic E-state index is 12.9. The van der Waals surface area contributed by atoms with Gasteiger partial charge in [0.15, 0.2) is 5.17 Å². The fourth-order valence-electron chi connectivity index (χ4n) is 4.55. The van der Waals surface area contributed by atoms with Crippen LogP contribution in [-0.4, -0.2) is 57.7 Å². The number of amidine groups is 1. The van der Waals surface area contributed by atoms with Gasteiger partial charge >= 0.3 is 0 Å². The summed E-state index contributed by atoms with van der Waals surface area (Å²) in [4.78, 5) is 20.0. The minimum atomic E-state index is -0.227. The van der Waals surface area contributed by atoms with Gasteiger partial charge in [-0.3, -0.25) is 4.79 Å². The maximum Gasteiger partial charge on any atom is 0.286 e. The standard InChI is InChI=1S/C29H30N4O3S/c1-5-13-35-25-12-11-22(14-19(25)2)27-23(18-33(31-27)24-9-7-6-8-10-24)15-26-28(34)30-29(37-26)32-16-20(3)36-21(4)17-32/h5-12,14-15,18,20-21H,1,13,16-17H2,2-4H3/b26-15-/t20-,21-/m1/s1. The number of thioether (sulfide) groups is 1. The van der Waals surface area contributed by atoms with Crippen molar-refractivity contribution in [3.8, 4) is 22.7 Å². The van der Waals surface area contributed by atoms with E-state index >= 15 is 0 Å². The predicted molar refractivity (Wildman–Crippen MR) is 149 cm³/mol. The van der Waals surface area contributed by atoms with Crippen molar-refractivity contribution >= 4 is 28.9 Å². The predicted octanol–water partition coefficient (Wildman–Crippen LogP) is 5.49. The van der Waals surface area contributed by atoms with E-state index in [1.165, 1.54) is 11.8 Å². The molecule has 0 N–H and O–H groups in total. The number of aryl methyl sites for hydroxylation is 1. The number of para-hydroxylation sites is 1. The number of aromatic nitrogens is 2. The molecule has 0 unspecified atom stereocenters. The van der Waals surface area contributed by atoms with Crippen LogP contribution in [-0.2, 0) is 9.53 Å². The lowest BCUT2D eigenvalue weighted by Gasteiger charge is -2.35. The first-order valence-electron chi connectivity index (χ1n) is 12.3. The molecule has 2 atom stereocenters. The van der Waals surface area contributed by atoms with Gasteiger partial charge in [-0.15, -0.1) is 0 Å². The Bertz CT molecular complexity index is 1370. The molecule has 190 valence electrons. The number of rotatable bonds is 6. The summed E-state index contributed by atoms with van der Waals surface area (Å²) in [5.74, 6) is 0.578. The first kappa shape index (κ1) is 25.0. The minimum absolute atomic E-state index is 0.0903. The van der Waals surface area contributed by atoms with E-state index < -0.39 is 0 Å². The second kappa shape index (κ2) is 10.8. The Balaban J connectivity index is 1.49. The van der Waals surface area contributed by atoms with Crippen LogP contribution in [0, 0.1) is 6.92 Å². The Hall–Kier alpha value is -3.62. The van der Waals surface area contributed by atoms with Crippen LogP contribution < -0.4 is 4.74 Å². The molecular formula is C29H30N4O3S. The molecule has 0 saturated carbocycles. The first-order valence-corrected chi connectivity index (χ1v) is 13.2. The normalized spacial score (nSPS) is 20.8. The fourth-order valence-corrected chi connectivity index (χ4v) is 5.47. The van der Waals surface area contributed by atoms with Crippen LogP contribution >= 0.6 is 11.8 Å². The van der Waals surface area contributed by atoms with E-state index in [-0.39, 0.29) is 18.1 Å². The average molecular weight is 515 g/mol. The molecule has 2 aliphatic rings. The zero-order chi connectivity index (χ0) is 25.9. The molecule has 0 radical (unpaired) electrons. The van der Waals surface area contributed by atoms with Gasteiger partial charge in [0.25, 0.3) is 5.91 Å². The van der Waals surface area contributed by atoms with Crippen LogP contribution in [0.3, 0.4) is 0 Å². The van der Waals surface area contributed by atoms with Crippen molar-refractivity contribution in [2.24, 2.45) is 4.99 Å². The number of aliphatic imine (C=N–C) groups is 1. The highest BCUT2D eigenvalue weighted by molar-refractivity contribution is 8.18. The summed E-state index contributed by atoms with van der Waals surface area (Å²) in [6.07, 6.45) is 5.76.